The number of rotatable bonds is 3. The minimum atomic E-state index is -0.870. The Bertz CT molecular complexity index is 484. The topological polar surface area (TPSA) is 99.5 Å². The van der Waals surface area contributed by atoms with E-state index < -0.39 is 24.1 Å². The fourth-order valence-electron chi connectivity index (χ4n) is 2.93. The molecule has 2 rings (SSSR count). The SMILES string of the molecule is C[C@H]1CCCC[C@@]12NC(=O)N(CC(=O)OCC#N)C2=O. The number of ether oxygens (including phenoxy) is 1. The quantitative estimate of drug-likeness (QED) is 0.601. The molecule has 1 aliphatic carbocycles. The molecule has 20 heavy (non-hydrogen) atoms. The lowest BCUT2D eigenvalue weighted by molar-refractivity contribution is -0.147. The van der Waals surface area contributed by atoms with E-state index in [9.17, 15) is 14.4 Å². The first-order valence-corrected chi connectivity index (χ1v) is 6.68. The molecule has 0 unspecified atom stereocenters. The Hall–Kier alpha value is -2.10. The minimum absolute atomic E-state index is 0.0489. The van der Waals surface area contributed by atoms with Crippen molar-refractivity contribution in [1.82, 2.24) is 10.2 Å². The number of amides is 3. The number of carbonyl (C=O) groups excluding carboxylic acids is 3. The van der Waals surface area contributed by atoms with Crippen LogP contribution in [-0.2, 0) is 14.3 Å². The average Bonchev–Trinajstić information content (AvgIpc) is 2.65. The van der Waals surface area contributed by atoms with Gasteiger partial charge in [0.1, 0.15) is 18.2 Å². The summed E-state index contributed by atoms with van der Waals surface area (Å²) in [6, 6.07) is 1.11. The lowest BCUT2D eigenvalue weighted by atomic mass is 9.73. The molecule has 0 aromatic heterocycles. The third-order valence-corrected chi connectivity index (χ3v) is 4.09. The molecule has 7 heteroatoms. The second kappa shape index (κ2) is 5.49. The summed E-state index contributed by atoms with van der Waals surface area (Å²) < 4.78 is 4.58. The van der Waals surface area contributed by atoms with Gasteiger partial charge in [-0.1, -0.05) is 19.8 Å². The van der Waals surface area contributed by atoms with Crippen molar-refractivity contribution in [2.24, 2.45) is 5.92 Å². The first kappa shape index (κ1) is 14.3. The third kappa shape index (κ3) is 2.33. The summed E-state index contributed by atoms with van der Waals surface area (Å²) in [4.78, 5) is 36.8. The monoisotopic (exact) mass is 279 g/mol. The van der Waals surface area contributed by atoms with Crippen LogP contribution in [0.25, 0.3) is 0 Å². The van der Waals surface area contributed by atoms with Crippen molar-refractivity contribution in [3.8, 4) is 6.07 Å². The van der Waals surface area contributed by atoms with Gasteiger partial charge < -0.3 is 10.1 Å². The summed E-state index contributed by atoms with van der Waals surface area (Å²) in [6.07, 6.45) is 3.39. The molecule has 1 saturated heterocycles. The minimum Gasteiger partial charge on any atom is -0.449 e. The van der Waals surface area contributed by atoms with Crippen LogP contribution in [-0.4, -0.2) is 41.5 Å². The zero-order chi connectivity index (χ0) is 14.8. The molecular formula is C13H17N3O4. The molecule has 1 aliphatic heterocycles. The Morgan fingerprint density at radius 2 is 2.30 bits per heavy atom. The molecule has 2 atom stereocenters. The van der Waals surface area contributed by atoms with Crippen LogP contribution in [0.1, 0.15) is 32.6 Å². The Balaban J connectivity index is 2.09. The van der Waals surface area contributed by atoms with Gasteiger partial charge in [0.05, 0.1) is 0 Å². The van der Waals surface area contributed by atoms with Crippen LogP contribution in [0.4, 0.5) is 4.79 Å². The maximum Gasteiger partial charge on any atom is 0.327 e. The highest BCUT2D eigenvalue weighted by Gasteiger charge is 2.55. The first-order chi connectivity index (χ1) is 9.51. The number of urea groups is 1. The Morgan fingerprint density at radius 3 is 2.95 bits per heavy atom. The number of nitrogens with one attached hydrogen (secondary N) is 1. The van der Waals surface area contributed by atoms with Gasteiger partial charge in [0.15, 0.2) is 6.61 Å². The van der Waals surface area contributed by atoms with Gasteiger partial charge in [-0.25, -0.2) is 4.79 Å². The maximum absolute atomic E-state index is 12.5. The van der Waals surface area contributed by atoms with Crippen molar-refractivity contribution in [1.29, 1.82) is 5.26 Å². The molecule has 2 aliphatic rings. The van der Waals surface area contributed by atoms with Gasteiger partial charge >= 0.3 is 12.0 Å². The number of nitriles is 1. The van der Waals surface area contributed by atoms with Crippen molar-refractivity contribution in [2.75, 3.05) is 13.2 Å². The van der Waals surface area contributed by atoms with Crippen LogP contribution < -0.4 is 5.32 Å². The fourth-order valence-corrected chi connectivity index (χ4v) is 2.93. The maximum atomic E-state index is 12.5. The van der Waals surface area contributed by atoms with E-state index >= 15 is 0 Å². The highest BCUT2D eigenvalue weighted by atomic mass is 16.5. The van der Waals surface area contributed by atoms with Crippen LogP contribution >= 0.6 is 0 Å². The molecule has 7 nitrogen and oxygen atoms in total. The van der Waals surface area contributed by atoms with E-state index in [1.807, 2.05) is 6.92 Å². The lowest BCUT2D eigenvalue weighted by Crippen LogP contribution is -2.54. The molecule has 3 amide bonds. The van der Waals surface area contributed by atoms with Crippen LogP contribution in [0.5, 0.6) is 0 Å². The molecule has 1 N–H and O–H groups in total. The van der Waals surface area contributed by atoms with E-state index in [1.165, 1.54) is 0 Å². The molecule has 108 valence electrons. The van der Waals surface area contributed by atoms with Crippen molar-refractivity contribution in [3.63, 3.8) is 0 Å². The number of esters is 1. The van der Waals surface area contributed by atoms with Crippen LogP contribution in [0, 0.1) is 17.2 Å². The van der Waals surface area contributed by atoms with E-state index in [2.05, 4.69) is 10.1 Å². The Morgan fingerprint density at radius 1 is 1.55 bits per heavy atom. The van der Waals surface area contributed by atoms with Gasteiger partial charge in [0.25, 0.3) is 5.91 Å². The fraction of sp³-hybridized carbons (Fsp3) is 0.692. The zero-order valence-corrected chi connectivity index (χ0v) is 11.3. The van der Waals surface area contributed by atoms with Crippen molar-refractivity contribution in [2.45, 2.75) is 38.1 Å². The normalized spacial score (nSPS) is 29.2. The van der Waals surface area contributed by atoms with Crippen LogP contribution in [0.3, 0.4) is 0 Å². The molecule has 0 radical (unpaired) electrons. The van der Waals surface area contributed by atoms with E-state index in [-0.39, 0.29) is 18.4 Å². The summed E-state index contributed by atoms with van der Waals surface area (Å²) in [7, 11) is 0. The molecule has 1 heterocycles. The predicted molar refractivity (Wildman–Crippen MR) is 67.2 cm³/mol. The number of hydrogen-bond donors (Lipinski definition) is 1. The van der Waals surface area contributed by atoms with Crippen molar-refractivity contribution >= 4 is 17.9 Å². The predicted octanol–water partition coefficient (Wildman–Crippen LogP) is 0.554. The van der Waals surface area contributed by atoms with E-state index in [0.29, 0.717) is 6.42 Å². The van der Waals surface area contributed by atoms with Crippen molar-refractivity contribution in [3.05, 3.63) is 0 Å². The first-order valence-electron chi connectivity index (χ1n) is 6.68. The molecule has 1 saturated carbocycles. The van der Waals surface area contributed by atoms with Crippen LogP contribution in [0.15, 0.2) is 0 Å². The lowest BCUT2D eigenvalue weighted by Gasteiger charge is -2.36. The van der Waals surface area contributed by atoms with Gasteiger partial charge in [0, 0.05) is 0 Å². The zero-order valence-electron chi connectivity index (χ0n) is 11.3. The molecule has 0 aromatic carbocycles. The highest BCUT2D eigenvalue weighted by molar-refractivity contribution is 6.08. The second-order valence-electron chi connectivity index (χ2n) is 5.26. The van der Waals surface area contributed by atoms with Crippen LogP contribution in [0.2, 0.25) is 0 Å². The smallest absolute Gasteiger partial charge is 0.327 e. The molecular weight excluding hydrogens is 262 g/mol. The number of carbonyl (C=O) groups is 3. The Labute approximate surface area is 116 Å². The summed E-state index contributed by atoms with van der Waals surface area (Å²) in [5, 5.41) is 11.1. The molecule has 0 aromatic rings. The standard InChI is InChI=1S/C13H17N3O4/c1-9-4-2-3-5-13(9)11(18)16(12(19)15-13)8-10(17)20-7-6-14/h9H,2-5,7-8H2,1H3,(H,15,19)/t9-,13+/m0/s1. The summed E-state index contributed by atoms with van der Waals surface area (Å²) >= 11 is 0. The van der Waals surface area contributed by atoms with Gasteiger partial charge in [-0.3, -0.25) is 14.5 Å². The van der Waals surface area contributed by atoms with E-state index in [4.69, 9.17) is 5.26 Å². The van der Waals surface area contributed by atoms with Gasteiger partial charge in [-0.2, -0.15) is 5.26 Å². The number of hydrogen-bond acceptors (Lipinski definition) is 5. The molecule has 1 spiro atoms. The van der Waals surface area contributed by atoms with Gasteiger partial charge in [-0.15, -0.1) is 0 Å². The third-order valence-electron chi connectivity index (χ3n) is 4.09. The number of imide groups is 1. The van der Waals surface area contributed by atoms with Crippen molar-refractivity contribution < 1.29 is 19.1 Å². The van der Waals surface area contributed by atoms with E-state index in [1.54, 1.807) is 6.07 Å². The van der Waals surface area contributed by atoms with Gasteiger partial charge in [0.2, 0.25) is 0 Å². The summed E-state index contributed by atoms with van der Waals surface area (Å²) in [5.41, 5.74) is -0.870. The molecule has 2 fully saturated rings. The summed E-state index contributed by atoms with van der Waals surface area (Å²) in [5.74, 6) is -1.06. The number of nitrogens with zero attached hydrogens (tertiary/aromatic N) is 2. The van der Waals surface area contributed by atoms with Gasteiger partial charge in [-0.05, 0) is 18.8 Å². The Kier molecular flexibility index (Phi) is 3.93. The molecule has 0 bridgehead atoms. The average molecular weight is 279 g/mol. The largest absolute Gasteiger partial charge is 0.449 e. The van der Waals surface area contributed by atoms with E-state index in [0.717, 1.165) is 24.2 Å². The second-order valence-corrected chi connectivity index (χ2v) is 5.26. The summed E-state index contributed by atoms with van der Waals surface area (Å²) in [6.45, 7) is 1.11. The highest BCUT2D eigenvalue weighted by Crippen LogP contribution is 2.38.